The lowest BCUT2D eigenvalue weighted by Gasteiger charge is -2.23. The molecule has 0 bridgehead atoms. The fraction of sp³-hybridized carbons (Fsp3) is 0.500. The molecule has 2 aromatic rings. The molecule has 0 radical (unpaired) electrons. The second kappa shape index (κ2) is 7.20. The van der Waals surface area contributed by atoms with Crippen LogP contribution in [0.2, 0.25) is 0 Å². The van der Waals surface area contributed by atoms with Crippen LogP contribution in [0, 0.1) is 0 Å². The van der Waals surface area contributed by atoms with Gasteiger partial charge in [0.05, 0.1) is 35.4 Å². The Balaban J connectivity index is 1.37. The van der Waals surface area contributed by atoms with E-state index in [1.54, 1.807) is 0 Å². The molecular formula is C18H23N5O2S. The quantitative estimate of drug-likeness (QED) is 0.719. The number of hydrogen-bond donors (Lipinski definition) is 3. The molecule has 2 amide bonds. The highest BCUT2D eigenvalue weighted by molar-refractivity contribution is 7.14. The number of aromatic nitrogens is 2. The van der Waals surface area contributed by atoms with Crippen LogP contribution in [0.5, 0.6) is 0 Å². The molecule has 2 fully saturated rings. The molecule has 1 aliphatic heterocycles. The fourth-order valence-corrected chi connectivity index (χ4v) is 4.53. The molecule has 1 atom stereocenters. The number of nitrogens with zero attached hydrogens (tertiary/aromatic N) is 2. The predicted molar refractivity (Wildman–Crippen MR) is 98.8 cm³/mol. The minimum absolute atomic E-state index is 0.0300. The van der Waals surface area contributed by atoms with Crippen LogP contribution < -0.4 is 11.1 Å². The van der Waals surface area contributed by atoms with Gasteiger partial charge < -0.3 is 16.0 Å². The molecule has 4 N–H and O–H groups in total. The first kappa shape index (κ1) is 17.2. The van der Waals surface area contributed by atoms with Crippen LogP contribution in [0.4, 0.5) is 0 Å². The van der Waals surface area contributed by atoms with Crippen molar-refractivity contribution in [3.63, 3.8) is 0 Å². The Hall–Kier alpha value is -2.19. The monoisotopic (exact) mass is 373 g/mol. The van der Waals surface area contributed by atoms with Crippen molar-refractivity contribution in [2.75, 3.05) is 13.1 Å². The first-order valence-electron chi connectivity index (χ1n) is 9.07. The average molecular weight is 373 g/mol. The highest BCUT2D eigenvalue weighted by atomic mass is 32.1. The number of nitrogens with two attached hydrogens (primary N) is 1. The van der Waals surface area contributed by atoms with Crippen LogP contribution in [0.25, 0.3) is 0 Å². The number of carbonyl (C=O) groups excluding carboxylic acids is 2. The molecule has 1 saturated heterocycles. The molecular weight excluding hydrogens is 350 g/mol. The molecule has 2 aromatic heterocycles. The number of amides is 2. The fourth-order valence-electron chi connectivity index (χ4n) is 3.45. The van der Waals surface area contributed by atoms with Gasteiger partial charge in [0.25, 0.3) is 5.91 Å². The van der Waals surface area contributed by atoms with Crippen LogP contribution in [-0.4, -0.2) is 40.0 Å². The molecule has 8 heteroatoms. The van der Waals surface area contributed by atoms with Gasteiger partial charge in [0, 0.05) is 17.3 Å². The summed E-state index contributed by atoms with van der Waals surface area (Å²) in [6, 6.07) is 5.87. The first-order valence-corrected chi connectivity index (χ1v) is 9.89. The summed E-state index contributed by atoms with van der Waals surface area (Å²) >= 11 is 1.45. The zero-order valence-electron chi connectivity index (χ0n) is 14.5. The summed E-state index contributed by atoms with van der Waals surface area (Å²) in [7, 11) is 0. The van der Waals surface area contributed by atoms with Crippen molar-refractivity contribution >= 4 is 23.2 Å². The molecule has 2 aliphatic rings. The van der Waals surface area contributed by atoms with Crippen molar-refractivity contribution < 1.29 is 9.59 Å². The van der Waals surface area contributed by atoms with Gasteiger partial charge in [0.1, 0.15) is 0 Å². The molecule has 0 unspecified atom stereocenters. The van der Waals surface area contributed by atoms with Gasteiger partial charge in [-0.15, -0.1) is 11.3 Å². The van der Waals surface area contributed by atoms with Crippen LogP contribution in [0.3, 0.4) is 0 Å². The molecule has 4 rings (SSSR count). The van der Waals surface area contributed by atoms with Crippen LogP contribution in [-0.2, 0) is 11.3 Å². The van der Waals surface area contributed by atoms with Crippen LogP contribution in [0.15, 0.2) is 18.2 Å². The van der Waals surface area contributed by atoms with Crippen molar-refractivity contribution in [1.29, 1.82) is 0 Å². The molecule has 1 saturated carbocycles. The number of rotatable bonds is 6. The van der Waals surface area contributed by atoms with E-state index in [9.17, 15) is 9.59 Å². The number of nitrogens with one attached hydrogen (secondary N) is 2. The van der Waals surface area contributed by atoms with Gasteiger partial charge in [-0.05, 0) is 43.9 Å². The molecule has 0 aromatic carbocycles. The lowest BCUT2D eigenvalue weighted by atomic mass is 10.2. The van der Waals surface area contributed by atoms with Gasteiger partial charge in [-0.1, -0.05) is 0 Å². The van der Waals surface area contributed by atoms with E-state index in [-0.39, 0.29) is 24.4 Å². The van der Waals surface area contributed by atoms with Gasteiger partial charge in [-0.3, -0.25) is 14.7 Å². The number of aromatic amines is 1. The summed E-state index contributed by atoms with van der Waals surface area (Å²) in [6.45, 7) is 1.21. The standard InChI is InChI=1S/C18H23N5O2S/c19-9-17(24)23-7-1-2-14(23)15-5-6-16(26-15)18(25)20-10-12-8-13(22-21-12)11-3-4-11/h5-6,8,11,14H,1-4,7,9-10,19H2,(H,20,25)(H,21,22)/t14-/m0/s1. The number of hydrogen-bond acceptors (Lipinski definition) is 5. The Labute approximate surface area is 156 Å². The summed E-state index contributed by atoms with van der Waals surface area (Å²) in [6.07, 6.45) is 4.31. The van der Waals surface area contributed by atoms with E-state index >= 15 is 0 Å². The summed E-state index contributed by atoms with van der Waals surface area (Å²) in [5.41, 5.74) is 7.52. The van der Waals surface area contributed by atoms with E-state index in [1.807, 2.05) is 23.1 Å². The predicted octanol–water partition coefficient (Wildman–Crippen LogP) is 1.90. The summed E-state index contributed by atoms with van der Waals surface area (Å²) < 4.78 is 0. The SMILES string of the molecule is NCC(=O)N1CCC[C@H]1c1ccc(C(=O)NCc2cc(C3CC3)n[nH]2)s1. The van der Waals surface area contributed by atoms with Crippen molar-refractivity contribution in [2.45, 2.75) is 44.2 Å². The smallest absolute Gasteiger partial charge is 0.261 e. The largest absolute Gasteiger partial charge is 0.346 e. The number of likely N-dealkylation sites (tertiary alicyclic amines) is 1. The average Bonchev–Trinajstić information content (AvgIpc) is 3.10. The van der Waals surface area contributed by atoms with E-state index in [0.717, 1.165) is 35.7 Å². The van der Waals surface area contributed by atoms with Crippen molar-refractivity contribution in [2.24, 2.45) is 5.73 Å². The van der Waals surface area contributed by atoms with Gasteiger partial charge in [-0.2, -0.15) is 5.10 Å². The third kappa shape index (κ3) is 3.52. The normalized spacial score (nSPS) is 19.7. The van der Waals surface area contributed by atoms with Crippen molar-refractivity contribution in [1.82, 2.24) is 20.4 Å². The molecule has 138 valence electrons. The van der Waals surface area contributed by atoms with Gasteiger partial charge in [0.2, 0.25) is 5.91 Å². The Morgan fingerprint density at radius 3 is 2.96 bits per heavy atom. The second-order valence-corrected chi connectivity index (χ2v) is 8.04. The van der Waals surface area contributed by atoms with Crippen molar-refractivity contribution in [3.05, 3.63) is 39.3 Å². The van der Waals surface area contributed by atoms with Crippen molar-refractivity contribution in [3.8, 4) is 0 Å². The Morgan fingerprint density at radius 1 is 1.35 bits per heavy atom. The zero-order valence-corrected chi connectivity index (χ0v) is 15.3. The number of carbonyl (C=O) groups is 2. The second-order valence-electron chi connectivity index (χ2n) is 6.93. The maximum Gasteiger partial charge on any atom is 0.261 e. The van der Waals surface area contributed by atoms with Gasteiger partial charge in [-0.25, -0.2) is 0 Å². The van der Waals surface area contributed by atoms with E-state index in [2.05, 4.69) is 15.5 Å². The zero-order chi connectivity index (χ0) is 18.1. The molecule has 0 spiro atoms. The minimum atomic E-state index is -0.0986. The van der Waals surface area contributed by atoms with Crippen LogP contribution >= 0.6 is 11.3 Å². The molecule has 26 heavy (non-hydrogen) atoms. The van der Waals surface area contributed by atoms with Crippen LogP contribution in [0.1, 0.15) is 63.6 Å². The first-order chi connectivity index (χ1) is 12.7. The Morgan fingerprint density at radius 2 is 2.19 bits per heavy atom. The summed E-state index contributed by atoms with van der Waals surface area (Å²) in [4.78, 5) is 27.9. The third-order valence-electron chi connectivity index (χ3n) is 5.01. The lowest BCUT2D eigenvalue weighted by molar-refractivity contribution is -0.130. The minimum Gasteiger partial charge on any atom is -0.346 e. The Bertz CT molecular complexity index is 810. The number of thiophene rings is 1. The lowest BCUT2D eigenvalue weighted by Crippen LogP contribution is -2.35. The summed E-state index contributed by atoms with van der Waals surface area (Å²) in [5.74, 6) is 0.470. The Kier molecular flexibility index (Phi) is 4.78. The third-order valence-corrected chi connectivity index (χ3v) is 6.20. The maximum absolute atomic E-state index is 12.4. The van der Waals surface area contributed by atoms with E-state index in [0.29, 0.717) is 17.3 Å². The number of H-pyrrole nitrogens is 1. The van der Waals surface area contributed by atoms with E-state index < -0.39 is 0 Å². The molecule has 1 aliphatic carbocycles. The highest BCUT2D eigenvalue weighted by Gasteiger charge is 2.30. The van der Waals surface area contributed by atoms with E-state index in [4.69, 9.17) is 5.73 Å². The van der Waals surface area contributed by atoms with Gasteiger partial charge in [0.15, 0.2) is 0 Å². The summed E-state index contributed by atoms with van der Waals surface area (Å²) in [5, 5.41) is 10.2. The topological polar surface area (TPSA) is 104 Å². The molecule has 7 nitrogen and oxygen atoms in total. The van der Waals surface area contributed by atoms with E-state index in [1.165, 1.54) is 24.2 Å². The highest BCUT2D eigenvalue weighted by Crippen LogP contribution is 2.39. The maximum atomic E-state index is 12.4. The molecule has 3 heterocycles. The van der Waals surface area contributed by atoms with Gasteiger partial charge >= 0.3 is 0 Å².